The topological polar surface area (TPSA) is 0 Å². The van der Waals surface area contributed by atoms with Gasteiger partial charge in [0.15, 0.2) is 0 Å². The third-order valence-corrected chi connectivity index (χ3v) is 9.58. The summed E-state index contributed by atoms with van der Waals surface area (Å²) in [6.45, 7) is 2.12. The van der Waals surface area contributed by atoms with Gasteiger partial charge in [-0.15, -0.1) is 0 Å². The van der Waals surface area contributed by atoms with Gasteiger partial charge in [-0.3, -0.25) is 0 Å². The molecule has 0 radical (unpaired) electrons. The van der Waals surface area contributed by atoms with Gasteiger partial charge in [-0.25, -0.2) is 0 Å². The van der Waals surface area contributed by atoms with E-state index in [0.29, 0.717) is 0 Å². The van der Waals surface area contributed by atoms with Crippen molar-refractivity contribution in [3.05, 3.63) is 60.2 Å². The van der Waals surface area contributed by atoms with Gasteiger partial charge < -0.3 is 0 Å². The van der Waals surface area contributed by atoms with E-state index in [1.807, 2.05) is 18.2 Å². The maximum atomic E-state index is 13.2. The molecule has 2 aromatic rings. The Balaban J connectivity index is 2.36. The van der Waals surface area contributed by atoms with Crippen molar-refractivity contribution in [1.82, 2.24) is 0 Å². The maximum absolute atomic E-state index is 13.2. The van der Waals surface area contributed by atoms with Gasteiger partial charge in [-0.05, 0) is 0 Å². The Kier molecular flexibility index (Phi) is 4.17. The number of hydrogen-bond donors (Lipinski definition) is 0. The summed E-state index contributed by atoms with van der Waals surface area (Å²) in [6, 6.07) is 13.5. The monoisotopic (exact) mass is 340 g/mol. The van der Waals surface area contributed by atoms with E-state index in [-0.39, 0.29) is 11.6 Å². The Hall–Kier alpha value is -0.882. The van der Waals surface area contributed by atoms with Crippen molar-refractivity contribution in [2.24, 2.45) is 0 Å². The molecule has 0 spiro atoms. The number of rotatable bonds is 3. The third kappa shape index (κ3) is 3.07. The second kappa shape index (κ2) is 5.64. The molecule has 0 saturated carbocycles. The van der Waals surface area contributed by atoms with Gasteiger partial charge in [-0.1, -0.05) is 0 Å². The van der Waals surface area contributed by atoms with E-state index < -0.39 is 20.2 Å². The van der Waals surface area contributed by atoms with Gasteiger partial charge in [0, 0.05) is 0 Å². The van der Waals surface area contributed by atoms with Crippen LogP contribution in [0.4, 0.5) is 8.78 Å². The first kappa shape index (κ1) is 12.6. The van der Waals surface area contributed by atoms with Crippen LogP contribution in [0.25, 0.3) is 0 Å². The Bertz CT molecular complexity index is 494. The molecule has 2 rings (SSSR count). The Morgan fingerprint density at radius 3 is 2.18 bits per heavy atom. The summed E-state index contributed by atoms with van der Waals surface area (Å²) in [6.07, 6.45) is 0. The average molecular weight is 341 g/mol. The van der Waals surface area contributed by atoms with Gasteiger partial charge in [0.1, 0.15) is 0 Å². The van der Waals surface area contributed by atoms with E-state index in [0.717, 1.165) is 7.88 Å². The van der Waals surface area contributed by atoms with Crippen LogP contribution in [0.3, 0.4) is 0 Å². The average Bonchev–Trinajstić information content (AvgIpc) is 2.33. The number of hydrogen-bond acceptors (Lipinski definition) is 0. The molecule has 0 amide bonds. The Morgan fingerprint density at radius 2 is 1.59 bits per heavy atom. The van der Waals surface area contributed by atoms with Crippen molar-refractivity contribution in [1.29, 1.82) is 0 Å². The molecule has 0 N–H and O–H groups in total. The zero-order chi connectivity index (χ0) is 12.3. The van der Waals surface area contributed by atoms with Crippen LogP contribution in [0.2, 0.25) is 4.37 Å². The van der Waals surface area contributed by atoms with Crippen LogP contribution in [0.1, 0.15) is 6.92 Å². The summed E-state index contributed by atoms with van der Waals surface area (Å²) >= 11 is -1.87. The molecule has 0 atom stereocenters. The standard InChI is InChI=1S/2C6H4F.C2H5.Sb/c2*7-6-4-2-1-3-5-6;1-2;/h2-5H;1-2,4-5H;1H2,2H3;. The van der Waals surface area contributed by atoms with E-state index in [2.05, 4.69) is 6.92 Å². The van der Waals surface area contributed by atoms with Crippen LogP contribution in [-0.4, -0.2) is 20.2 Å². The van der Waals surface area contributed by atoms with Crippen LogP contribution < -0.4 is 7.02 Å². The quantitative estimate of drug-likeness (QED) is 0.753. The van der Waals surface area contributed by atoms with E-state index in [1.165, 1.54) is 21.7 Å². The molecule has 0 fully saturated rings. The number of benzene rings is 2. The molecule has 0 heterocycles. The first-order chi connectivity index (χ1) is 8.20. The Labute approximate surface area is 107 Å². The summed E-state index contributed by atoms with van der Waals surface area (Å²) in [4.78, 5) is 0. The van der Waals surface area contributed by atoms with E-state index in [1.54, 1.807) is 12.1 Å². The van der Waals surface area contributed by atoms with Gasteiger partial charge >= 0.3 is 107 Å². The fourth-order valence-electron chi connectivity index (χ4n) is 1.78. The van der Waals surface area contributed by atoms with Crippen LogP contribution in [-0.2, 0) is 0 Å². The van der Waals surface area contributed by atoms with Crippen molar-refractivity contribution < 1.29 is 8.78 Å². The molecule has 88 valence electrons. The van der Waals surface area contributed by atoms with Crippen LogP contribution in [0.15, 0.2) is 48.5 Å². The van der Waals surface area contributed by atoms with Gasteiger partial charge in [0.2, 0.25) is 0 Å². The van der Waals surface area contributed by atoms with Crippen molar-refractivity contribution in [2.75, 3.05) is 0 Å². The summed E-state index contributed by atoms with van der Waals surface area (Å²) in [5, 5.41) is 0. The van der Waals surface area contributed by atoms with Crippen molar-refractivity contribution in [3.8, 4) is 0 Å². The molecule has 0 aliphatic heterocycles. The normalized spacial score (nSPS) is 10.8. The zero-order valence-corrected chi connectivity index (χ0v) is 12.1. The molecule has 0 nitrogen and oxygen atoms in total. The molecule has 0 aliphatic carbocycles. The molecular formula is C14H13F2Sb. The number of halogens is 2. The zero-order valence-electron chi connectivity index (χ0n) is 9.53. The first-order valence-corrected chi connectivity index (χ1v) is 9.85. The van der Waals surface area contributed by atoms with Crippen molar-refractivity contribution in [3.63, 3.8) is 0 Å². The molecule has 0 aromatic heterocycles. The Morgan fingerprint density at radius 1 is 0.882 bits per heavy atom. The van der Waals surface area contributed by atoms with Crippen LogP contribution in [0.5, 0.6) is 0 Å². The minimum atomic E-state index is -1.87. The summed E-state index contributed by atoms with van der Waals surface area (Å²) < 4.78 is 29.4. The third-order valence-electron chi connectivity index (χ3n) is 2.57. The fraction of sp³-hybridized carbons (Fsp3) is 0.143. The van der Waals surface area contributed by atoms with E-state index >= 15 is 0 Å². The van der Waals surface area contributed by atoms with E-state index in [4.69, 9.17) is 0 Å². The van der Waals surface area contributed by atoms with Gasteiger partial charge in [0.05, 0.1) is 0 Å². The van der Waals surface area contributed by atoms with Crippen LogP contribution >= 0.6 is 0 Å². The van der Waals surface area contributed by atoms with Crippen molar-refractivity contribution in [2.45, 2.75) is 11.3 Å². The second-order valence-electron chi connectivity index (χ2n) is 3.70. The minimum absolute atomic E-state index is 0.187. The van der Waals surface area contributed by atoms with Crippen LogP contribution in [0, 0.1) is 11.6 Å². The molecule has 0 bridgehead atoms. The van der Waals surface area contributed by atoms with Gasteiger partial charge in [0.25, 0.3) is 0 Å². The molecule has 3 heteroatoms. The first-order valence-electron chi connectivity index (χ1n) is 5.49. The predicted octanol–water partition coefficient (Wildman–Crippen LogP) is 2.59. The molecule has 0 saturated heterocycles. The summed E-state index contributed by atoms with van der Waals surface area (Å²) in [5.74, 6) is -0.405. The molecule has 2 aromatic carbocycles. The summed E-state index contributed by atoms with van der Waals surface area (Å²) in [5.41, 5.74) is 0. The fourth-order valence-corrected chi connectivity index (χ4v) is 7.72. The van der Waals surface area contributed by atoms with E-state index in [9.17, 15) is 8.78 Å². The second-order valence-corrected chi connectivity index (χ2v) is 10.9. The molecule has 0 aliphatic rings. The van der Waals surface area contributed by atoms with Crippen molar-refractivity contribution >= 4 is 27.2 Å². The SMILES string of the molecule is C[CH2][Sb]([c]1ccc(F)cc1)[c]1cccc(F)c1. The molecule has 0 unspecified atom stereocenters. The molecular weight excluding hydrogens is 328 g/mol. The van der Waals surface area contributed by atoms with Gasteiger partial charge in [-0.2, -0.15) is 0 Å². The summed E-state index contributed by atoms with van der Waals surface area (Å²) in [7, 11) is 0. The predicted molar refractivity (Wildman–Crippen MR) is 68.3 cm³/mol. The molecule has 17 heavy (non-hydrogen) atoms.